The number of hydrogen-bond donors (Lipinski definition) is 1. The Kier molecular flexibility index (Phi) is 6.08. The van der Waals surface area contributed by atoms with Crippen molar-refractivity contribution < 1.29 is 23.4 Å². The van der Waals surface area contributed by atoms with Crippen molar-refractivity contribution in [1.29, 1.82) is 0 Å². The fourth-order valence-electron chi connectivity index (χ4n) is 4.29. The molecule has 1 aliphatic rings. The van der Waals surface area contributed by atoms with Gasteiger partial charge in [-0.3, -0.25) is 0 Å². The normalized spacial score (nSPS) is 14.9. The smallest absolute Gasteiger partial charge is 0.135 e. The van der Waals surface area contributed by atoms with Gasteiger partial charge in [-0.15, -0.1) is 0 Å². The number of nitrogens with zero attached hydrogens (tertiary/aromatic N) is 3. The molecule has 0 radical (unpaired) electrons. The quantitative estimate of drug-likeness (QED) is 0.470. The van der Waals surface area contributed by atoms with Gasteiger partial charge in [0.1, 0.15) is 29.8 Å². The lowest BCUT2D eigenvalue weighted by Crippen LogP contribution is -2.36. The number of aliphatic hydroxyl groups is 1. The van der Waals surface area contributed by atoms with Crippen molar-refractivity contribution in [3.8, 4) is 17.0 Å². The number of ether oxygens (including phenoxy) is 2. The van der Waals surface area contributed by atoms with Crippen LogP contribution in [0.5, 0.6) is 5.75 Å². The van der Waals surface area contributed by atoms with Crippen molar-refractivity contribution in [3.05, 3.63) is 83.7 Å². The maximum atomic E-state index is 15.0. The first-order valence-corrected chi connectivity index (χ1v) is 10.9. The van der Waals surface area contributed by atoms with Crippen molar-refractivity contribution in [2.24, 2.45) is 0 Å². The van der Waals surface area contributed by atoms with E-state index in [1.54, 1.807) is 24.3 Å². The summed E-state index contributed by atoms with van der Waals surface area (Å²) in [6, 6.07) is 14.6. The molecule has 0 amide bonds. The van der Waals surface area contributed by atoms with Crippen LogP contribution >= 0.6 is 0 Å². The lowest BCUT2D eigenvalue weighted by Gasteiger charge is -2.29. The largest absolute Gasteiger partial charge is 0.496 e. The van der Waals surface area contributed by atoms with E-state index in [1.165, 1.54) is 19.5 Å². The minimum Gasteiger partial charge on any atom is -0.496 e. The molecule has 0 bridgehead atoms. The van der Waals surface area contributed by atoms with Crippen LogP contribution in [-0.4, -0.2) is 48.5 Å². The average Bonchev–Trinajstić information content (AvgIpc) is 2.88. The predicted octanol–water partition coefficient (Wildman–Crippen LogP) is 4.50. The van der Waals surface area contributed by atoms with Gasteiger partial charge in [-0.2, -0.15) is 0 Å². The summed E-state index contributed by atoms with van der Waals surface area (Å²) < 4.78 is 40.5. The van der Waals surface area contributed by atoms with Crippen molar-refractivity contribution in [2.75, 3.05) is 38.3 Å². The molecule has 2 heterocycles. The minimum atomic E-state index is -1.35. The number of halogens is 2. The zero-order chi connectivity index (χ0) is 23.7. The van der Waals surface area contributed by atoms with Gasteiger partial charge in [-0.25, -0.2) is 18.7 Å². The Morgan fingerprint density at radius 3 is 2.56 bits per heavy atom. The summed E-state index contributed by atoms with van der Waals surface area (Å²) in [6.07, 6.45) is 0.0106. The molecule has 1 fully saturated rings. The van der Waals surface area contributed by atoms with Gasteiger partial charge < -0.3 is 19.5 Å². The number of hydrogen-bond acceptors (Lipinski definition) is 6. The zero-order valence-corrected chi connectivity index (χ0v) is 18.5. The molecule has 0 saturated carbocycles. The third-order valence-corrected chi connectivity index (χ3v) is 6.07. The van der Waals surface area contributed by atoms with Gasteiger partial charge in [0.25, 0.3) is 0 Å². The van der Waals surface area contributed by atoms with Crippen LogP contribution in [-0.2, 0) is 4.74 Å². The SMILES string of the molecule is COc1ccccc1C(O)c1cc(-c2ncnc3cc(N4CCOCC4)ccc23)c(F)cc1F. The second-order valence-electron chi connectivity index (χ2n) is 8.02. The van der Waals surface area contributed by atoms with E-state index in [4.69, 9.17) is 9.47 Å². The molecule has 8 heteroatoms. The fraction of sp³-hybridized carbons (Fsp3) is 0.231. The molecule has 34 heavy (non-hydrogen) atoms. The van der Waals surface area contributed by atoms with E-state index in [9.17, 15) is 13.9 Å². The van der Waals surface area contributed by atoms with Gasteiger partial charge in [0.15, 0.2) is 0 Å². The predicted molar refractivity (Wildman–Crippen MR) is 125 cm³/mol. The fourth-order valence-corrected chi connectivity index (χ4v) is 4.29. The van der Waals surface area contributed by atoms with Gasteiger partial charge in [-0.1, -0.05) is 18.2 Å². The summed E-state index contributed by atoms with van der Waals surface area (Å²) >= 11 is 0. The number of benzene rings is 3. The number of aliphatic hydroxyl groups excluding tert-OH is 1. The van der Waals surface area contributed by atoms with E-state index in [1.807, 2.05) is 18.2 Å². The Labute approximate surface area is 195 Å². The van der Waals surface area contributed by atoms with Crippen LogP contribution < -0.4 is 9.64 Å². The van der Waals surface area contributed by atoms with Crippen LogP contribution in [0.2, 0.25) is 0 Å². The molecule has 1 saturated heterocycles. The van der Waals surface area contributed by atoms with Crippen molar-refractivity contribution in [1.82, 2.24) is 9.97 Å². The summed E-state index contributed by atoms with van der Waals surface area (Å²) in [5.41, 5.74) is 2.35. The Bertz CT molecular complexity index is 1340. The number of aromatic nitrogens is 2. The Hall–Kier alpha value is -3.62. The highest BCUT2D eigenvalue weighted by molar-refractivity contribution is 5.94. The molecule has 1 aromatic heterocycles. The molecule has 3 aromatic carbocycles. The standard InChI is InChI=1S/C26H23F2N3O3/c1-33-24-5-3-2-4-18(24)26(32)20-13-19(21(27)14-22(20)28)25-17-7-6-16(12-23(17)29-15-30-25)31-8-10-34-11-9-31/h2-7,12-15,26,32H,8-11H2,1H3. The third-order valence-electron chi connectivity index (χ3n) is 6.07. The summed E-state index contributed by atoms with van der Waals surface area (Å²) in [5, 5.41) is 11.6. The Morgan fingerprint density at radius 2 is 1.76 bits per heavy atom. The lowest BCUT2D eigenvalue weighted by atomic mass is 9.96. The molecule has 1 N–H and O–H groups in total. The maximum Gasteiger partial charge on any atom is 0.135 e. The van der Waals surface area contributed by atoms with E-state index in [-0.39, 0.29) is 11.1 Å². The third kappa shape index (κ3) is 4.06. The van der Waals surface area contributed by atoms with Crippen molar-refractivity contribution in [2.45, 2.75) is 6.10 Å². The van der Waals surface area contributed by atoms with Gasteiger partial charge in [-0.05, 0) is 30.3 Å². The molecule has 0 aliphatic carbocycles. The number of anilines is 1. The number of fused-ring (bicyclic) bond motifs is 1. The molecular weight excluding hydrogens is 440 g/mol. The van der Waals surface area contributed by atoms with Crippen LogP contribution in [0.3, 0.4) is 0 Å². The molecule has 1 aliphatic heterocycles. The number of morpholine rings is 1. The number of methoxy groups -OCH3 is 1. The van der Waals surface area contributed by atoms with Gasteiger partial charge in [0.05, 0.1) is 31.5 Å². The highest BCUT2D eigenvalue weighted by Gasteiger charge is 2.23. The van der Waals surface area contributed by atoms with E-state index in [0.29, 0.717) is 41.1 Å². The molecule has 5 rings (SSSR count). The lowest BCUT2D eigenvalue weighted by molar-refractivity contribution is 0.122. The molecule has 4 aromatic rings. The Balaban J connectivity index is 1.59. The van der Waals surface area contributed by atoms with Crippen LogP contribution in [0.4, 0.5) is 14.5 Å². The van der Waals surface area contributed by atoms with Crippen LogP contribution in [0.1, 0.15) is 17.2 Å². The number of para-hydroxylation sites is 1. The first kappa shape index (κ1) is 22.2. The van der Waals surface area contributed by atoms with Gasteiger partial charge >= 0.3 is 0 Å². The minimum absolute atomic E-state index is 0.0717. The molecule has 1 atom stereocenters. The monoisotopic (exact) mass is 463 g/mol. The number of rotatable bonds is 5. The Morgan fingerprint density at radius 1 is 0.971 bits per heavy atom. The van der Waals surface area contributed by atoms with Crippen LogP contribution in [0.25, 0.3) is 22.2 Å². The molecule has 174 valence electrons. The zero-order valence-electron chi connectivity index (χ0n) is 18.5. The van der Waals surface area contributed by atoms with E-state index < -0.39 is 17.7 Å². The summed E-state index contributed by atoms with van der Waals surface area (Å²) in [5.74, 6) is -1.22. The van der Waals surface area contributed by atoms with Crippen LogP contribution in [0.15, 0.2) is 60.9 Å². The van der Waals surface area contributed by atoms with Crippen molar-refractivity contribution >= 4 is 16.6 Å². The summed E-state index contributed by atoms with van der Waals surface area (Å²) in [6.45, 7) is 2.87. The maximum absolute atomic E-state index is 15.0. The van der Waals surface area contributed by atoms with E-state index in [2.05, 4.69) is 14.9 Å². The average molecular weight is 463 g/mol. The highest BCUT2D eigenvalue weighted by atomic mass is 19.1. The van der Waals surface area contributed by atoms with Crippen molar-refractivity contribution in [3.63, 3.8) is 0 Å². The summed E-state index contributed by atoms with van der Waals surface area (Å²) in [4.78, 5) is 10.9. The van der Waals surface area contributed by atoms with Gasteiger partial charge in [0, 0.05) is 46.9 Å². The van der Waals surface area contributed by atoms with Gasteiger partial charge in [0.2, 0.25) is 0 Å². The topological polar surface area (TPSA) is 67.7 Å². The van der Waals surface area contributed by atoms with E-state index in [0.717, 1.165) is 24.8 Å². The second-order valence-corrected chi connectivity index (χ2v) is 8.02. The first-order valence-electron chi connectivity index (χ1n) is 10.9. The van der Waals surface area contributed by atoms with Crippen LogP contribution in [0, 0.1) is 11.6 Å². The molecule has 6 nitrogen and oxygen atoms in total. The second kappa shape index (κ2) is 9.32. The first-order chi connectivity index (χ1) is 16.6. The highest BCUT2D eigenvalue weighted by Crippen LogP contribution is 2.36. The molecule has 1 unspecified atom stereocenters. The van der Waals surface area contributed by atoms with E-state index >= 15 is 0 Å². The summed E-state index contributed by atoms with van der Waals surface area (Å²) in [7, 11) is 1.47. The molecular formula is C26H23F2N3O3. The molecule has 0 spiro atoms.